The van der Waals surface area contributed by atoms with Crippen LogP contribution in [-0.2, 0) is 0 Å². The lowest BCUT2D eigenvalue weighted by atomic mass is 10.2. The molecule has 8 nitrogen and oxygen atoms in total. The second kappa shape index (κ2) is 7.28. The van der Waals surface area contributed by atoms with Crippen LogP contribution in [0.4, 0.5) is 11.4 Å². The first-order chi connectivity index (χ1) is 13.6. The number of aryl methyl sites for hydroxylation is 1. The average molecular weight is 372 g/mol. The number of hydrogen-bond acceptors (Lipinski definition) is 6. The van der Waals surface area contributed by atoms with Gasteiger partial charge in [0.05, 0.1) is 39.2 Å². The fourth-order valence-electron chi connectivity index (χ4n) is 2.99. The Balaban J connectivity index is 1.69. The Morgan fingerprint density at radius 3 is 2.64 bits per heavy atom. The molecule has 2 aromatic carbocycles. The molecule has 4 aromatic rings. The molecule has 28 heavy (non-hydrogen) atoms. The zero-order valence-electron chi connectivity index (χ0n) is 15.0. The monoisotopic (exact) mass is 372 g/mol. The third-order valence-corrected chi connectivity index (χ3v) is 4.27. The molecule has 0 aliphatic rings. The second-order valence-corrected chi connectivity index (χ2v) is 6.08. The lowest BCUT2D eigenvalue weighted by molar-refractivity contribution is -0.385. The Morgan fingerprint density at radius 1 is 1.11 bits per heavy atom. The van der Waals surface area contributed by atoms with Gasteiger partial charge in [0, 0.05) is 12.3 Å². The summed E-state index contributed by atoms with van der Waals surface area (Å²) >= 11 is 0. The molecule has 0 aliphatic heterocycles. The quantitative estimate of drug-likeness (QED) is 0.323. The fourth-order valence-corrected chi connectivity index (χ4v) is 2.99. The zero-order valence-corrected chi connectivity index (χ0v) is 15.0. The summed E-state index contributed by atoms with van der Waals surface area (Å²) in [6.45, 7) is 1.90. The Bertz CT molecular complexity index is 1180. The minimum absolute atomic E-state index is 0.000929. The first kappa shape index (κ1) is 17.3. The number of benzene rings is 2. The normalized spacial score (nSPS) is 11.2. The number of nitrogens with one attached hydrogen (secondary N) is 1. The maximum Gasteiger partial charge on any atom is 0.278 e. The van der Waals surface area contributed by atoms with E-state index in [1.807, 2.05) is 37.3 Å². The van der Waals surface area contributed by atoms with Gasteiger partial charge in [-0.25, -0.2) is 9.67 Å². The van der Waals surface area contributed by atoms with Crippen LogP contribution in [-0.4, -0.2) is 25.9 Å². The third-order valence-electron chi connectivity index (χ3n) is 4.27. The minimum atomic E-state index is -0.431. The molecule has 0 fully saturated rings. The van der Waals surface area contributed by atoms with Crippen molar-refractivity contribution in [3.63, 3.8) is 0 Å². The number of anilines is 1. The molecule has 2 heterocycles. The number of nitro benzene ring substituents is 1. The van der Waals surface area contributed by atoms with Gasteiger partial charge in [-0.2, -0.15) is 10.2 Å². The van der Waals surface area contributed by atoms with Gasteiger partial charge >= 0.3 is 0 Å². The van der Waals surface area contributed by atoms with E-state index in [0.717, 1.165) is 22.5 Å². The number of fused-ring (bicyclic) bond motifs is 1. The van der Waals surface area contributed by atoms with Crippen LogP contribution in [0.1, 0.15) is 11.3 Å². The number of para-hydroxylation sites is 2. The first-order valence-electron chi connectivity index (χ1n) is 8.57. The molecule has 2 aromatic heterocycles. The largest absolute Gasteiger partial charge is 0.278 e. The smallest absolute Gasteiger partial charge is 0.278 e. The summed E-state index contributed by atoms with van der Waals surface area (Å²) < 4.78 is 1.78. The van der Waals surface area contributed by atoms with Crippen LogP contribution in [0.3, 0.4) is 0 Å². The molecule has 0 atom stereocenters. The topological polar surface area (TPSA) is 98.2 Å². The number of hydrazone groups is 1. The summed E-state index contributed by atoms with van der Waals surface area (Å²) in [4.78, 5) is 15.1. The van der Waals surface area contributed by atoms with Crippen molar-refractivity contribution in [1.82, 2.24) is 14.8 Å². The highest BCUT2D eigenvalue weighted by Crippen LogP contribution is 2.27. The summed E-state index contributed by atoms with van der Waals surface area (Å²) in [5.74, 6) is 0. The number of hydrogen-bond donors (Lipinski definition) is 1. The summed E-state index contributed by atoms with van der Waals surface area (Å²) in [6.07, 6.45) is 3.10. The van der Waals surface area contributed by atoms with Gasteiger partial charge in [0.1, 0.15) is 0 Å². The van der Waals surface area contributed by atoms with Crippen LogP contribution in [0, 0.1) is 17.0 Å². The molecule has 8 heteroatoms. The highest BCUT2D eigenvalue weighted by atomic mass is 16.6. The van der Waals surface area contributed by atoms with Crippen LogP contribution < -0.4 is 5.43 Å². The maximum absolute atomic E-state index is 11.1. The van der Waals surface area contributed by atoms with E-state index in [0.29, 0.717) is 11.2 Å². The molecule has 4 rings (SSSR count). The van der Waals surface area contributed by atoms with Crippen molar-refractivity contribution < 1.29 is 4.92 Å². The first-order valence-corrected chi connectivity index (χ1v) is 8.57. The molecule has 138 valence electrons. The Morgan fingerprint density at radius 2 is 1.86 bits per heavy atom. The number of pyridine rings is 1. The van der Waals surface area contributed by atoms with Gasteiger partial charge in [-0.05, 0) is 31.2 Å². The van der Waals surface area contributed by atoms with E-state index in [9.17, 15) is 10.1 Å². The van der Waals surface area contributed by atoms with E-state index >= 15 is 0 Å². The van der Waals surface area contributed by atoms with Crippen LogP contribution in [0.25, 0.3) is 16.7 Å². The molecule has 0 bridgehead atoms. The van der Waals surface area contributed by atoms with Crippen molar-refractivity contribution in [2.75, 3.05) is 5.43 Å². The molecular formula is C20H16N6O2. The van der Waals surface area contributed by atoms with Gasteiger partial charge in [0.2, 0.25) is 0 Å². The van der Waals surface area contributed by atoms with Gasteiger partial charge < -0.3 is 0 Å². The average Bonchev–Trinajstić information content (AvgIpc) is 3.06. The highest BCUT2D eigenvalue weighted by molar-refractivity contribution is 5.93. The van der Waals surface area contributed by atoms with Gasteiger partial charge in [-0.15, -0.1) is 0 Å². The predicted molar refractivity (Wildman–Crippen MR) is 108 cm³/mol. The Kier molecular flexibility index (Phi) is 4.51. The van der Waals surface area contributed by atoms with Crippen molar-refractivity contribution in [3.05, 3.63) is 88.2 Å². The molecular weight excluding hydrogens is 356 g/mol. The van der Waals surface area contributed by atoms with Crippen molar-refractivity contribution >= 4 is 28.6 Å². The molecule has 0 saturated heterocycles. The van der Waals surface area contributed by atoms with Gasteiger partial charge in [-0.1, -0.05) is 30.3 Å². The molecule has 0 spiro atoms. The van der Waals surface area contributed by atoms with Crippen molar-refractivity contribution in [2.24, 2.45) is 5.10 Å². The van der Waals surface area contributed by atoms with Crippen molar-refractivity contribution in [3.8, 4) is 5.69 Å². The van der Waals surface area contributed by atoms with E-state index in [4.69, 9.17) is 0 Å². The standard InChI is InChI=1S/C20H16N6O2/c1-14-19-17(23-22-13-15-7-5-6-10-18(15)26(27)28)11-12-21-20(19)25(24-14)16-8-3-2-4-9-16/h2-13H,1H3,(H,21,23). The van der Waals surface area contributed by atoms with E-state index in [1.165, 1.54) is 12.3 Å². The number of rotatable bonds is 5. The highest BCUT2D eigenvalue weighted by Gasteiger charge is 2.14. The Hall–Kier alpha value is -4.07. The van der Waals surface area contributed by atoms with Crippen LogP contribution in [0.2, 0.25) is 0 Å². The molecule has 0 amide bonds. The lowest BCUT2D eigenvalue weighted by Crippen LogP contribution is -1.98. The number of aromatic nitrogens is 3. The molecule has 0 radical (unpaired) electrons. The fraction of sp³-hybridized carbons (Fsp3) is 0.0500. The van der Waals surface area contributed by atoms with Crippen LogP contribution in [0.15, 0.2) is 72.0 Å². The molecule has 1 N–H and O–H groups in total. The Labute approximate surface area is 160 Å². The number of nitrogens with zero attached hydrogens (tertiary/aromatic N) is 5. The maximum atomic E-state index is 11.1. The van der Waals surface area contributed by atoms with Gasteiger partial charge in [-0.3, -0.25) is 15.5 Å². The predicted octanol–water partition coefficient (Wildman–Crippen LogP) is 4.08. The van der Waals surface area contributed by atoms with Crippen LogP contribution >= 0.6 is 0 Å². The van der Waals surface area contributed by atoms with E-state index in [2.05, 4.69) is 20.6 Å². The van der Waals surface area contributed by atoms with Gasteiger partial charge in [0.25, 0.3) is 5.69 Å². The molecule has 0 saturated carbocycles. The van der Waals surface area contributed by atoms with Gasteiger partial charge in [0.15, 0.2) is 5.65 Å². The van der Waals surface area contributed by atoms with Crippen LogP contribution in [0.5, 0.6) is 0 Å². The summed E-state index contributed by atoms with van der Waals surface area (Å²) in [5, 5.41) is 20.7. The summed E-state index contributed by atoms with van der Waals surface area (Å²) in [6, 6.07) is 18.0. The van der Waals surface area contributed by atoms with Crippen molar-refractivity contribution in [1.29, 1.82) is 0 Å². The summed E-state index contributed by atoms with van der Waals surface area (Å²) in [5.41, 5.74) is 6.52. The second-order valence-electron chi connectivity index (χ2n) is 6.08. The zero-order chi connectivity index (χ0) is 19.5. The number of nitro groups is 1. The summed E-state index contributed by atoms with van der Waals surface area (Å²) in [7, 11) is 0. The van der Waals surface area contributed by atoms with E-state index in [-0.39, 0.29) is 5.69 Å². The molecule has 0 aliphatic carbocycles. The minimum Gasteiger partial charge on any atom is -0.278 e. The SMILES string of the molecule is Cc1nn(-c2ccccc2)c2nccc(NN=Cc3ccccc3[N+](=O)[O-])c12. The van der Waals surface area contributed by atoms with E-state index in [1.54, 1.807) is 35.1 Å². The lowest BCUT2D eigenvalue weighted by Gasteiger charge is -2.04. The van der Waals surface area contributed by atoms with E-state index < -0.39 is 4.92 Å². The molecule has 0 unspecified atom stereocenters. The third kappa shape index (κ3) is 3.18. The van der Waals surface area contributed by atoms with Crippen molar-refractivity contribution in [2.45, 2.75) is 6.92 Å².